The Morgan fingerprint density at radius 3 is 2.59 bits per heavy atom. The highest BCUT2D eigenvalue weighted by molar-refractivity contribution is 5.85. The summed E-state index contributed by atoms with van der Waals surface area (Å²) in [6.07, 6.45) is 4.59. The van der Waals surface area contributed by atoms with Crippen LogP contribution in [0.2, 0.25) is 0 Å². The topological polar surface area (TPSA) is 58.4 Å². The van der Waals surface area contributed by atoms with Crippen LogP contribution in [0.25, 0.3) is 0 Å². The lowest BCUT2D eigenvalue weighted by Crippen LogP contribution is -2.40. The highest BCUT2D eigenvalue weighted by Crippen LogP contribution is 2.44. The van der Waals surface area contributed by atoms with Gasteiger partial charge in [0.15, 0.2) is 0 Å². The molecular weight excluding hydrogens is 214 g/mol. The number of carbonyl (C=O) groups is 1. The molecule has 1 saturated carbocycles. The van der Waals surface area contributed by atoms with Crippen molar-refractivity contribution < 1.29 is 4.79 Å². The van der Waals surface area contributed by atoms with E-state index in [2.05, 4.69) is 17.1 Å². The zero-order valence-corrected chi connectivity index (χ0v) is 10.9. The van der Waals surface area contributed by atoms with Gasteiger partial charge in [-0.05, 0) is 44.7 Å². The summed E-state index contributed by atoms with van der Waals surface area (Å²) in [5, 5.41) is 3.06. The molecule has 1 atom stereocenters. The van der Waals surface area contributed by atoms with Gasteiger partial charge in [-0.25, -0.2) is 0 Å². The number of nitrogens with zero attached hydrogens (tertiary/aromatic N) is 1. The highest BCUT2D eigenvalue weighted by atomic mass is 16.2. The summed E-state index contributed by atoms with van der Waals surface area (Å²) in [6.45, 7) is 7.06. The molecule has 2 fully saturated rings. The molecule has 0 aromatic heterocycles. The minimum atomic E-state index is -0.201. The molecule has 98 valence electrons. The number of amides is 1. The lowest BCUT2D eigenvalue weighted by Gasteiger charge is -2.21. The molecule has 2 aliphatic rings. The quantitative estimate of drug-likeness (QED) is 0.712. The van der Waals surface area contributed by atoms with Gasteiger partial charge in [-0.2, -0.15) is 0 Å². The van der Waals surface area contributed by atoms with E-state index < -0.39 is 0 Å². The number of rotatable bonds is 6. The maximum absolute atomic E-state index is 11.9. The number of nitrogens with two attached hydrogens (primary N) is 1. The van der Waals surface area contributed by atoms with Gasteiger partial charge in [-0.3, -0.25) is 4.79 Å². The molecule has 1 heterocycles. The summed E-state index contributed by atoms with van der Waals surface area (Å²) in [4.78, 5) is 14.4. The molecule has 1 aliphatic heterocycles. The summed E-state index contributed by atoms with van der Waals surface area (Å²) in [6, 6.07) is 0. The second kappa shape index (κ2) is 5.36. The Kier molecular flexibility index (Phi) is 4.05. The second-order valence-electron chi connectivity index (χ2n) is 5.81. The normalized spacial score (nSPS) is 24.6. The molecule has 2 rings (SSSR count). The van der Waals surface area contributed by atoms with Crippen LogP contribution < -0.4 is 11.1 Å². The van der Waals surface area contributed by atoms with Gasteiger partial charge in [0.25, 0.3) is 0 Å². The molecule has 0 aromatic carbocycles. The van der Waals surface area contributed by atoms with Gasteiger partial charge in [0.05, 0.1) is 5.41 Å². The van der Waals surface area contributed by atoms with Crippen molar-refractivity contribution in [3.63, 3.8) is 0 Å². The van der Waals surface area contributed by atoms with Crippen molar-refractivity contribution in [1.29, 1.82) is 0 Å². The summed E-state index contributed by atoms with van der Waals surface area (Å²) >= 11 is 0. The van der Waals surface area contributed by atoms with Crippen LogP contribution in [0.15, 0.2) is 0 Å². The van der Waals surface area contributed by atoms with Crippen molar-refractivity contribution in [1.82, 2.24) is 10.2 Å². The van der Waals surface area contributed by atoms with E-state index in [-0.39, 0.29) is 11.3 Å². The van der Waals surface area contributed by atoms with Gasteiger partial charge in [-0.1, -0.05) is 6.92 Å². The first-order valence-corrected chi connectivity index (χ1v) is 6.87. The number of nitrogens with one attached hydrogen (secondary N) is 1. The molecule has 3 N–H and O–H groups in total. The van der Waals surface area contributed by atoms with Crippen LogP contribution in [0.1, 0.15) is 32.6 Å². The van der Waals surface area contributed by atoms with E-state index in [1.165, 1.54) is 25.9 Å². The van der Waals surface area contributed by atoms with Crippen molar-refractivity contribution >= 4 is 5.91 Å². The Bertz CT molecular complexity index is 270. The third kappa shape index (κ3) is 3.19. The van der Waals surface area contributed by atoms with Gasteiger partial charge >= 0.3 is 0 Å². The Balaban J connectivity index is 1.65. The fourth-order valence-electron chi connectivity index (χ4n) is 2.60. The maximum Gasteiger partial charge on any atom is 0.227 e. The first kappa shape index (κ1) is 12.8. The minimum Gasteiger partial charge on any atom is -0.355 e. The third-order valence-corrected chi connectivity index (χ3v) is 4.11. The molecule has 4 heteroatoms. The number of carbonyl (C=O) groups excluding carboxylic acids is 1. The minimum absolute atomic E-state index is 0.174. The Morgan fingerprint density at radius 2 is 2.06 bits per heavy atom. The van der Waals surface area contributed by atoms with Crippen LogP contribution >= 0.6 is 0 Å². The van der Waals surface area contributed by atoms with Crippen LogP contribution in [-0.4, -0.2) is 43.5 Å². The molecule has 1 saturated heterocycles. The molecule has 17 heavy (non-hydrogen) atoms. The molecule has 1 unspecified atom stereocenters. The molecule has 0 spiro atoms. The van der Waals surface area contributed by atoms with E-state index in [4.69, 9.17) is 5.73 Å². The van der Waals surface area contributed by atoms with Crippen LogP contribution in [0.4, 0.5) is 0 Å². The van der Waals surface area contributed by atoms with Crippen LogP contribution in [0, 0.1) is 11.3 Å². The lowest BCUT2D eigenvalue weighted by molar-refractivity contribution is -0.126. The van der Waals surface area contributed by atoms with Gasteiger partial charge in [0, 0.05) is 19.6 Å². The lowest BCUT2D eigenvalue weighted by atomic mass is 10.1. The van der Waals surface area contributed by atoms with Gasteiger partial charge in [0.2, 0.25) is 5.91 Å². The average molecular weight is 239 g/mol. The first-order chi connectivity index (χ1) is 8.16. The van der Waals surface area contributed by atoms with E-state index in [1.807, 2.05) is 0 Å². The van der Waals surface area contributed by atoms with Crippen molar-refractivity contribution in [2.24, 2.45) is 17.1 Å². The largest absolute Gasteiger partial charge is 0.355 e. The first-order valence-electron chi connectivity index (χ1n) is 6.87. The SMILES string of the molecule is CC(CNC(=O)C1(CN)CC1)CN1CCCC1. The molecule has 1 amide bonds. The summed E-state index contributed by atoms with van der Waals surface area (Å²) in [7, 11) is 0. The third-order valence-electron chi connectivity index (χ3n) is 4.11. The van der Waals surface area contributed by atoms with E-state index >= 15 is 0 Å². The van der Waals surface area contributed by atoms with Crippen molar-refractivity contribution in [2.75, 3.05) is 32.7 Å². The summed E-state index contributed by atoms with van der Waals surface area (Å²) in [5.41, 5.74) is 5.44. The van der Waals surface area contributed by atoms with Gasteiger partial charge in [-0.15, -0.1) is 0 Å². The zero-order chi connectivity index (χ0) is 12.3. The average Bonchev–Trinajstić information content (AvgIpc) is 2.98. The van der Waals surface area contributed by atoms with Crippen molar-refractivity contribution in [2.45, 2.75) is 32.6 Å². The molecular formula is C13H25N3O. The van der Waals surface area contributed by atoms with Gasteiger partial charge in [0.1, 0.15) is 0 Å². The number of likely N-dealkylation sites (tertiary alicyclic amines) is 1. The van der Waals surface area contributed by atoms with Gasteiger partial charge < -0.3 is 16.0 Å². The highest BCUT2D eigenvalue weighted by Gasteiger charge is 2.48. The van der Waals surface area contributed by atoms with Crippen molar-refractivity contribution in [3.05, 3.63) is 0 Å². The number of hydrogen-bond donors (Lipinski definition) is 2. The van der Waals surface area contributed by atoms with E-state index in [1.54, 1.807) is 0 Å². The van der Waals surface area contributed by atoms with Crippen LogP contribution in [0.3, 0.4) is 0 Å². The van der Waals surface area contributed by atoms with Crippen LogP contribution in [-0.2, 0) is 4.79 Å². The zero-order valence-electron chi connectivity index (χ0n) is 10.9. The smallest absolute Gasteiger partial charge is 0.227 e. The summed E-state index contributed by atoms with van der Waals surface area (Å²) < 4.78 is 0. The van der Waals surface area contributed by atoms with E-state index in [9.17, 15) is 4.79 Å². The van der Waals surface area contributed by atoms with Crippen LogP contribution in [0.5, 0.6) is 0 Å². The number of hydrogen-bond acceptors (Lipinski definition) is 3. The Morgan fingerprint density at radius 1 is 1.41 bits per heavy atom. The predicted molar refractivity (Wildman–Crippen MR) is 68.6 cm³/mol. The summed E-state index contributed by atoms with van der Waals surface area (Å²) in [5.74, 6) is 0.707. The predicted octanol–water partition coefficient (Wildman–Crippen LogP) is 0.573. The molecule has 0 bridgehead atoms. The fourth-order valence-corrected chi connectivity index (χ4v) is 2.60. The Hall–Kier alpha value is -0.610. The Labute approximate surface area is 104 Å². The second-order valence-corrected chi connectivity index (χ2v) is 5.81. The molecule has 0 radical (unpaired) electrons. The van der Waals surface area contributed by atoms with Crippen molar-refractivity contribution in [3.8, 4) is 0 Å². The maximum atomic E-state index is 11.9. The fraction of sp³-hybridized carbons (Fsp3) is 0.923. The van der Waals surface area contributed by atoms with E-state index in [0.717, 1.165) is 25.9 Å². The molecule has 0 aromatic rings. The standard InChI is InChI=1S/C13H25N3O/c1-11(9-16-6-2-3-7-16)8-15-12(17)13(10-14)4-5-13/h11H,2-10,14H2,1H3,(H,15,17). The van der Waals surface area contributed by atoms with E-state index in [0.29, 0.717) is 12.5 Å². The monoisotopic (exact) mass is 239 g/mol. The molecule has 1 aliphatic carbocycles. The molecule has 4 nitrogen and oxygen atoms in total.